The van der Waals surface area contributed by atoms with Gasteiger partial charge in [-0.15, -0.1) is 16.7 Å². The highest BCUT2D eigenvalue weighted by Gasteiger charge is 2.20. The van der Waals surface area contributed by atoms with Crippen molar-refractivity contribution < 1.29 is 4.74 Å². The Labute approximate surface area is 122 Å². The lowest BCUT2D eigenvalue weighted by Gasteiger charge is -2.22. The van der Waals surface area contributed by atoms with E-state index in [0.717, 1.165) is 21.9 Å². The highest BCUT2D eigenvalue weighted by molar-refractivity contribution is 7.13. The van der Waals surface area contributed by atoms with Crippen molar-refractivity contribution in [3.8, 4) is 10.9 Å². The van der Waals surface area contributed by atoms with Crippen LogP contribution in [0.2, 0.25) is 0 Å². The average Bonchev–Trinajstić information content (AvgIpc) is 2.75. The van der Waals surface area contributed by atoms with Gasteiger partial charge in [0.15, 0.2) is 0 Å². The number of nitrogens with zero attached hydrogens (tertiary/aromatic N) is 2. The first kappa shape index (κ1) is 14.3. The molecule has 1 aromatic carbocycles. The van der Waals surface area contributed by atoms with Crippen molar-refractivity contribution in [3.05, 3.63) is 34.3 Å². The molecule has 1 aromatic heterocycles. The third kappa shape index (κ3) is 3.45. The van der Waals surface area contributed by atoms with Crippen LogP contribution in [0, 0.1) is 6.92 Å². The first-order valence-electron chi connectivity index (χ1n) is 6.07. The molecule has 102 valence electrons. The number of halogens is 1. The van der Waals surface area contributed by atoms with Crippen LogP contribution in [-0.4, -0.2) is 10.2 Å². The molecule has 0 atom stereocenters. The maximum Gasteiger partial charge on any atom is 0.299 e. The van der Waals surface area contributed by atoms with Crippen LogP contribution in [0.25, 0.3) is 0 Å². The Hall–Kier alpha value is -1.13. The molecule has 19 heavy (non-hydrogen) atoms. The van der Waals surface area contributed by atoms with Crippen LogP contribution in [-0.2, 0) is 11.3 Å². The lowest BCUT2D eigenvalue weighted by molar-refractivity contribution is 0.448. The van der Waals surface area contributed by atoms with Gasteiger partial charge in [-0.05, 0) is 24.0 Å². The molecular weight excluding hydrogens is 280 g/mol. The Kier molecular flexibility index (Phi) is 4.11. The molecule has 1 heterocycles. The molecule has 0 unspecified atom stereocenters. The summed E-state index contributed by atoms with van der Waals surface area (Å²) in [6.45, 7) is 8.53. The number of alkyl halides is 1. The fraction of sp³-hybridized carbons (Fsp3) is 0.429. The van der Waals surface area contributed by atoms with E-state index in [9.17, 15) is 0 Å². The normalized spacial score (nSPS) is 11.6. The minimum Gasteiger partial charge on any atom is -0.429 e. The fourth-order valence-electron chi connectivity index (χ4n) is 1.76. The monoisotopic (exact) mass is 296 g/mol. The van der Waals surface area contributed by atoms with Crippen LogP contribution in [0.1, 0.15) is 36.9 Å². The van der Waals surface area contributed by atoms with Gasteiger partial charge in [0, 0.05) is 5.56 Å². The van der Waals surface area contributed by atoms with E-state index < -0.39 is 0 Å². The summed E-state index contributed by atoms with van der Waals surface area (Å²) in [6.07, 6.45) is 0. The van der Waals surface area contributed by atoms with Gasteiger partial charge < -0.3 is 4.74 Å². The van der Waals surface area contributed by atoms with E-state index in [-0.39, 0.29) is 5.41 Å². The zero-order valence-electron chi connectivity index (χ0n) is 11.5. The van der Waals surface area contributed by atoms with E-state index in [4.69, 9.17) is 16.3 Å². The molecule has 0 bridgehead atoms. The van der Waals surface area contributed by atoms with E-state index >= 15 is 0 Å². The van der Waals surface area contributed by atoms with Gasteiger partial charge in [0.1, 0.15) is 10.8 Å². The zero-order valence-corrected chi connectivity index (χ0v) is 13.1. The molecule has 0 saturated carbocycles. The van der Waals surface area contributed by atoms with Crippen molar-refractivity contribution in [2.75, 3.05) is 0 Å². The van der Waals surface area contributed by atoms with Crippen molar-refractivity contribution >= 4 is 22.9 Å². The lowest BCUT2D eigenvalue weighted by Crippen LogP contribution is -2.12. The molecule has 0 fully saturated rings. The standard InChI is InChI=1S/C14H17ClN2OS/c1-9-5-6-10(14(2,3)4)11(7-9)18-13-17-16-12(8-15)19-13/h5-7H,8H2,1-4H3. The minimum atomic E-state index is 0.0169. The zero-order chi connectivity index (χ0) is 14.0. The van der Waals surface area contributed by atoms with Gasteiger partial charge in [0.05, 0.1) is 5.88 Å². The van der Waals surface area contributed by atoms with Crippen molar-refractivity contribution in [1.29, 1.82) is 0 Å². The smallest absolute Gasteiger partial charge is 0.299 e. The molecule has 0 aliphatic rings. The minimum absolute atomic E-state index is 0.0169. The predicted octanol–water partition coefficient (Wildman–Crippen LogP) is 4.68. The Bertz CT molecular complexity index is 575. The molecule has 0 aliphatic carbocycles. The van der Waals surface area contributed by atoms with Crippen molar-refractivity contribution in [3.63, 3.8) is 0 Å². The number of rotatable bonds is 3. The molecule has 0 spiro atoms. The molecule has 0 aliphatic heterocycles. The Morgan fingerprint density at radius 3 is 2.58 bits per heavy atom. The summed E-state index contributed by atoms with van der Waals surface area (Å²) in [4.78, 5) is 0. The quantitative estimate of drug-likeness (QED) is 0.772. The van der Waals surface area contributed by atoms with Crippen molar-refractivity contribution in [1.82, 2.24) is 10.2 Å². The van der Waals surface area contributed by atoms with Crippen LogP contribution in [0.5, 0.6) is 10.9 Å². The molecular formula is C14H17ClN2OS. The highest BCUT2D eigenvalue weighted by atomic mass is 35.5. The summed E-state index contributed by atoms with van der Waals surface area (Å²) in [6, 6.07) is 6.23. The van der Waals surface area contributed by atoms with Gasteiger partial charge in [0.25, 0.3) is 5.19 Å². The van der Waals surface area contributed by atoms with E-state index in [1.165, 1.54) is 11.3 Å². The Morgan fingerprint density at radius 2 is 2.00 bits per heavy atom. The molecule has 2 rings (SSSR count). The summed E-state index contributed by atoms with van der Waals surface area (Å²) in [7, 11) is 0. The second-order valence-electron chi connectivity index (χ2n) is 5.45. The molecule has 2 aromatic rings. The first-order valence-corrected chi connectivity index (χ1v) is 7.42. The van der Waals surface area contributed by atoms with Crippen molar-refractivity contribution in [2.45, 2.75) is 39.0 Å². The molecule has 0 N–H and O–H groups in total. The summed E-state index contributed by atoms with van der Waals surface area (Å²) in [5, 5.41) is 9.25. The highest BCUT2D eigenvalue weighted by Crippen LogP contribution is 2.35. The topological polar surface area (TPSA) is 35.0 Å². The summed E-state index contributed by atoms with van der Waals surface area (Å²) < 4.78 is 5.89. The first-order chi connectivity index (χ1) is 8.90. The Balaban J connectivity index is 2.35. The molecule has 0 saturated heterocycles. The number of aryl methyl sites for hydroxylation is 1. The third-order valence-corrected chi connectivity index (χ3v) is 3.92. The van der Waals surface area contributed by atoms with Crippen LogP contribution in [0.15, 0.2) is 18.2 Å². The number of hydrogen-bond acceptors (Lipinski definition) is 4. The predicted molar refractivity (Wildman–Crippen MR) is 79.4 cm³/mol. The average molecular weight is 297 g/mol. The van der Waals surface area contributed by atoms with Gasteiger partial charge in [0.2, 0.25) is 0 Å². The molecule has 3 nitrogen and oxygen atoms in total. The van der Waals surface area contributed by atoms with Crippen LogP contribution in [0.3, 0.4) is 0 Å². The largest absolute Gasteiger partial charge is 0.429 e. The summed E-state index contributed by atoms with van der Waals surface area (Å²) in [5.41, 5.74) is 2.33. The number of ether oxygens (including phenoxy) is 1. The van der Waals surface area contributed by atoms with Gasteiger partial charge in [-0.3, -0.25) is 0 Å². The lowest BCUT2D eigenvalue weighted by atomic mass is 9.86. The van der Waals surface area contributed by atoms with E-state index in [1.54, 1.807) is 0 Å². The van der Waals surface area contributed by atoms with Crippen LogP contribution in [0.4, 0.5) is 0 Å². The van der Waals surface area contributed by atoms with Gasteiger partial charge >= 0.3 is 0 Å². The number of aromatic nitrogens is 2. The van der Waals surface area contributed by atoms with Gasteiger partial charge in [-0.1, -0.05) is 49.3 Å². The second kappa shape index (κ2) is 5.47. The number of benzene rings is 1. The fourth-order valence-corrected chi connectivity index (χ4v) is 2.53. The Morgan fingerprint density at radius 1 is 1.26 bits per heavy atom. The van der Waals surface area contributed by atoms with Crippen LogP contribution < -0.4 is 4.74 Å². The maximum absolute atomic E-state index is 5.89. The van der Waals surface area contributed by atoms with E-state index in [1.807, 2.05) is 13.0 Å². The molecule has 0 radical (unpaired) electrons. The van der Waals surface area contributed by atoms with E-state index in [0.29, 0.717) is 11.1 Å². The summed E-state index contributed by atoms with van der Waals surface area (Å²) >= 11 is 7.10. The van der Waals surface area contributed by atoms with E-state index in [2.05, 4.69) is 43.1 Å². The maximum atomic E-state index is 5.89. The van der Waals surface area contributed by atoms with Gasteiger partial charge in [-0.2, -0.15) is 0 Å². The molecule has 5 heteroatoms. The summed E-state index contributed by atoms with van der Waals surface area (Å²) in [5.74, 6) is 1.20. The third-order valence-electron chi connectivity index (χ3n) is 2.71. The molecule has 0 amide bonds. The number of hydrogen-bond donors (Lipinski definition) is 0. The van der Waals surface area contributed by atoms with Gasteiger partial charge in [-0.25, -0.2) is 0 Å². The second-order valence-corrected chi connectivity index (χ2v) is 6.74. The van der Waals surface area contributed by atoms with Crippen LogP contribution >= 0.6 is 22.9 Å². The SMILES string of the molecule is Cc1ccc(C(C)(C)C)c(Oc2nnc(CCl)s2)c1. The van der Waals surface area contributed by atoms with Crippen molar-refractivity contribution in [2.24, 2.45) is 0 Å².